The first-order valence-electron chi connectivity index (χ1n) is 27.4. The van der Waals surface area contributed by atoms with Crippen molar-refractivity contribution in [3.05, 3.63) is 184 Å². The van der Waals surface area contributed by atoms with Gasteiger partial charge in [0.05, 0.1) is 7.11 Å². The third-order valence-electron chi connectivity index (χ3n) is 17.4. The largest absolute Gasteiger partial charge is 0.744 e. The van der Waals surface area contributed by atoms with Crippen LogP contribution in [0.5, 0.6) is 5.75 Å². The number of ether oxygens (including phenoxy) is 1. The topological polar surface area (TPSA) is 212 Å². The fourth-order valence-corrected chi connectivity index (χ4v) is 27.2. The summed E-state index contributed by atoms with van der Waals surface area (Å²) in [6, 6.07) is 45.1. The molecular weight excluding hydrogens is 1450 g/mol. The molecule has 4 aliphatic rings. The van der Waals surface area contributed by atoms with Gasteiger partial charge in [-0.3, -0.25) is 14.1 Å². The fraction of sp³-hybridized carbons (Fsp3) is 0.415. The van der Waals surface area contributed by atoms with Crippen LogP contribution < -0.4 is 47.1 Å². The molecule has 6 aromatic rings. The van der Waals surface area contributed by atoms with Crippen molar-refractivity contribution in [2.75, 3.05) is 7.11 Å². The van der Waals surface area contributed by atoms with Crippen LogP contribution in [0.25, 0.3) is 0 Å². The molecule has 0 radical (unpaired) electrons. The zero-order chi connectivity index (χ0) is 61.8. The van der Waals surface area contributed by atoms with Gasteiger partial charge in [-0.15, -0.1) is 0 Å². The average molecular weight is 1530 g/mol. The van der Waals surface area contributed by atoms with Crippen molar-refractivity contribution in [2.45, 2.75) is 142 Å². The SMILES string of the molecule is CC(C)(C)c1ccc(I(c2ccc(C(C)(C)C)cc2)S(=O)(=O)[O-])cc1.CC12CCC(CC1=O)C2(C)C.CC12CCC(CC1=O)C2(C)C.COc1ccc([I+]c2ccccc2S(=O)(=O)O)cc1.O=S(=O)([O-])c1ccccc1[I+]c1ccccc1. The maximum atomic E-state index is 12.0. The molecule has 1 N–H and O–H groups in total. The maximum absolute atomic E-state index is 12.0. The van der Waals surface area contributed by atoms with Crippen LogP contribution in [0.15, 0.2) is 161 Å². The quantitative estimate of drug-likeness (QED) is 0.0789. The number of hydrogen-bond acceptors (Lipinski definition) is 11. The third kappa shape index (κ3) is 16.5. The maximum Gasteiger partial charge on any atom is 0.359 e. The van der Waals surface area contributed by atoms with Crippen LogP contribution in [0, 0.1) is 54.9 Å². The number of Topliss-reactive ketones (excluding diaryl/α,β-unsaturated/α-hetero) is 2. The van der Waals surface area contributed by atoms with Gasteiger partial charge in [0.15, 0.2) is 7.14 Å². The van der Waals surface area contributed by atoms with E-state index in [2.05, 4.69) is 83.1 Å². The van der Waals surface area contributed by atoms with E-state index in [9.17, 15) is 48.5 Å². The molecular formula is C65H79I3O12S3. The minimum atomic E-state index is -4.38. The molecule has 0 aliphatic heterocycles. The zero-order valence-corrected chi connectivity index (χ0v) is 58.5. The van der Waals surface area contributed by atoms with E-state index in [0.29, 0.717) is 37.7 Å². The van der Waals surface area contributed by atoms with Crippen LogP contribution >= 0.6 is 18.4 Å². The van der Waals surface area contributed by atoms with Gasteiger partial charge in [-0.1, -0.05) is 84.0 Å². The second kappa shape index (κ2) is 26.8. The molecule has 0 heterocycles. The predicted molar refractivity (Wildman–Crippen MR) is 325 cm³/mol. The van der Waals surface area contributed by atoms with Gasteiger partial charge in [-0.05, 0) is 109 Å². The number of carbonyl (C=O) groups excluding carboxylic acids is 2. The molecule has 6 aromatic carbocycles. The van der Waals surface area contributed by atoms with Crippen LogP contribution in [-0.4, -0.2) is 57.6 Å². The van der Waals surface area contributed by atoms with E-state index < -0.39 is 88.4 Å². The Morgan fingerprint density at radius 3 is 1.18 bits per heavy atom. The van der Waals surface area contributed by atoms with Gasteiger partial charge in [0, 0.05) is 23.7 Å². The second-order valence-electron chi connectivity index (χ2n) is 24.9. The Morgan fingerprint density at radius 2 is 0.880 bits per heavy atom. The van der Waals surface area contributed by atoms with E-state index >= 15 is 0 Å². The number of carbonyl (C=O) groups is 2. The molecule has 10 rings (SSSR count). The van der Waals surface area contributed by atoms with Gasteiger partial charge < -0.3 is 9.29 Å². The molecule has 83 heavy (non-hydrogen) atoms. The average Bonchev–Trinajstić information content (AvgIpc) is 1.74. The predicted octanol–water partition coefficient (Wildman–Crippen LogP) is 7.88. The molecule has 18 heteroatoms. The molecule has 4 unspecified atom stereocenters. The van der Waals surface area contributed by atoms with Crippen LogP contribution in [0.3, 0.4) is 0 Å². The normalized spacial score (nSPS) is 21.4. The molecule has 12 nitrogen and oxygen atoms in total. The number of benzene rings is 6. The van der Waals surface area contributed by atoms with Gasteiger partial charge in [-0.2, -0.15) is 8.42 Å². The van der Waals surface area contributed by atoms with Crippen molar-refractivity contribution in [3.63, 3.8) is 0 Å². The molecule has 0 amide bonds. The Labute approximate surface area is 520 Å². The summed E-state index contributed by atoms with van der Waals surface area (Å²) in [5.41, 5.74) is 2.84. The smallest absolute Gasteiger partial charge is 0.359 e. The molecule has 4 fully saturated rings. The number of halogens is 3. The molecule has 4 aliphatic carbocycles. The van der Waals surface area contributed by atoms with Gasteiger partial charge in [0.1, 0.15) is 37.2 Å². The molecule has 4 bridgehead atoms. The number of ketones is 2. The summed E-state index contributed by atoms with van der Waals surface area (Å²) in [6.07, 6.45) is 6.50. The molecule has 450 valence electrons. The summed E-state index contributed by atoms with van der Waals surface area (Å²) in [5.74, 6) is 3.15. The Bertz CT molecular complexity index is 3470. The summed E-state index contributed by atoms with van der Waals surface area (Å²) >= 11 is -4.40. The summed E-state index contributed by atoms with van der Waals surface area (Å²) in [7, 11) is -11.3. The van der Waals surface area contributed by atoms with E-state index in [1.54, 1.807) is 43.5 Å². The minimum absolute atomic E-state index is 0.00128. The summed E-state index contributed by atoms with van der Waals surface area (Å²) in [6.45, 7) is 26.0. The van der Waals surface area contributed by atoms with Crippen LogP contribution in [-0.2, 0) is 47.9 Å². The molecule has 0 aromatic heterocycles. The molecule has 0 spiro atoms. The third-order valence-corrected chi connectivity index (χ3v) is 35.4. The number of methoxy groups -OCH3 is 1. The van der Waals surface area contributed by atoms with Crippen LogP contribution in [0.1, 0.15) is 133 Å². The van der Waals surface area contributed by atoms with Crippen molar-refractivity contribution in [2.24, 2.45) is 33.5 Å². The van der Waals surface area contributed by atoms with Crippen molar-refractivity contribution in [1.82, 2.24) is 0 Å². The standard InChI is InChI=1S/C20H27IO3S.C13H11IO4S.C12H9IO3S.2C10H16O/c1-19(2,3)15-7-11-17(12-8-15)21(25(22,23)24)18-13-9-16(10-14-18)20(4,5)6;1-18-11-8-6-10(7-9-11)14-12-4-2-3-5-13(12)19(15,16)17;14-17(15,16)12-9-5-4-8-11(12)13-10-6-2-1-3-7-10;2*1-9(2)7-4-5-10(9,3)8(11)6-7/h7-14H,1-6H3,(H,22,23,24);2-9H,1H3;1-9H;2*7H,4-6H2,1-3H3. The van der Waals surface area contributed by atoms with E-state index in [1.165, 1.54) is 25.0 Å². The Balaban J connectivity index is 0.000000172. The van der Waals surface area contributed by atoms with E-state index in [-0.39, 0.29) is 42.3 Å². The van der Waals surface area contributed by atoms with E-state index in [4.69, 9.17) is 4.74 Å². The number of hydrogen-bond donors (Lipinski definition) is 1. The number of rotatable bonds is 10. The zero-order valence-electron chi connectivity index (χ0n) is 49.6. The fourth-order valence-electron chi connectivity index (χ4n) is 11.1. The number of fused-ring (bicyclic) bond motifs is 4. The van der Waals surface area contributed by atoms with Crippen molar-refractivity contribution >= 4 is 57.5 Å². The Kier molecular flexibility index (Phi) is 22.1. The molecule has 0 saturated heterocycles. The minimum Gasteiger partial charge on any atom is -0.744 e. The van der Waals surface area contributed by atoms with Crippen molar-refractivity contribution in [1.29, 1.82) is 0 Å². The van der Waals surface area contributed by atoms with Crippen LogP contribution in [0.2, 0.25) is 0 Å². The summed E-state index contributed by atoms with van der Waals surface area (Å²) < 4.78 is 111. The summed E-state index contributed by atoms with van der Waals surface area (Å²) in [4.78, 5) is 23.1. The Morgan fingerprint density at radius 1 is 0.518 bits per heavy atom. The van der Waals surface area contributed by atoms with Gasteiger partial charge in [0.2, 0.25) is 7.14 Å². The van der Waals surface area contributed by atoms with Gasteiger partial charge >= 0.3 is 200 Å². The van der Waals surface area contributed by atoms with E-state index in [1.807, 2.05) is 103 Å². The first kappa shape index (κ1) is 68.5. The van der Waals surface area contributed by atoms with E-state index in [0.717, 1.165) is 49.7 Å². The van der Waals surface area contributed by atoms with Gasteiger partial charge in [0.25, 0.3) is 10.1 Å². The first-order chi connectivity index (χ1) is 38.3. The first-order valence-corrected chi connectivity index (χ1v) is 40.7. The monoisotopic (exact) mass is 1530 g/mol. The molecule has 4 saturated carbocycles. The molecule has 4 atom stereocenters. The summed E-state index contributed by atoms with van der Waals surface area (Å²) in [5, 5.41) is 0. The van der Waals surface area contributed by atoms with Crippen molar-refractivity contribution in [3.8, 4) is 5.75 Å². The van der Waals surface area contributed by atoms with Crippen LogP contribution in [0.4, 0.5) is 0 Å². The Hall–Kier alpha value is -3.62. The van der Waals surface area contributed by atoms with Crippen molar-refractivity contribution < 1.29 is 95.6 Å². The second-order valence-corrected chi connectivity index (χ2v) is 43.6. The van der Waals surface area contributed by atoms with Gasteiger partial charge in [-0.25, -0.2) is 8.42 Å².